The highest BCUT2D eigenvalue weighted by atomic mass is 16.5. The lowest BCUT2D eigenvalue weighted by molar-refractivity contribution is -0.0848. The van der Waals surface area contributed by atoms with E-state index in [0.29, 0.717) is 30.4 Å². The quantitative estimate of drug-likeness (QED) is 0.434. The summed E-state index contributed by atoms with van der Waals surface area (Å²) in [5.41, 5.74) is 5.01. The maximum atomic E-state index is 12.1. The van der Waals surface area contributed by atoms with Crippen LogP contribution in [0.3, 0.4) is 0 Å². The SMILES string of the molecule is CN.CN1CC2CCC(C1)C2(O)c1cc(N2CCOCC2)nc(Nc2ccn[nH]2)c1C=N. The highest BCUT2D eigenvalue weighted by Crippen LogP contribution is 2.52. The van der Waals surface area contributed by atoms with Gasteiger partial charge in [0.1, 0.15) is 17.5 Å². The predicted octanol–water partition coefficient (Wildman–Crippen LogP) is 1.12. The Balaban J connectivity index is 0.00000119. The van der Waals surface area contributed by atoms with E-state index >= 15 is 0 Å². The smallest absolute Gasteiger partial charge is 0.143 e. The molecule has 0 spiro atoms. The number of aromatic nitrogens is 3. The molecule has 2 saturated heterocycles. The zero-order valence-electron chi connectivity index (χ0n) is 18.8. The van der Waals surface area contributed by atoms with Gasteiger partial charge in [-0.1, -0.05) is 0 Å². The Morgan fingerprint density at radius 3 is 2.56 bits per heavy atom. The van der Waals surface area contributed by atoms with E-state index in [4.69, 9.17) is 15.1 Å². The molecule has 10 heteroatoms. The Hall–Kier alpha value is -2.53. The van der Waals surface area contributed by atoms with Crippen LogP contribution in [0.15, 0.2) is 18.3 Å². The third-order valence-corrected chi connectivity index (χ3v) is 6.88. The molecule has 0 radical (unpaired) electrons. The molecule has 5 rings (SSSR count). The van der Waals surface area contributed by atoms with Crippen LogP contribution in [0.25, 0.3) is 0 Å². The fourth-order valence-corrected chi connectivity index (χ4v) is 5.43. The first-order valence-corrected chi connectivity index (χ1v) is 11.2. The molecule has 2 atom stereocenters. The summed E-state index contributed by atoms with van der Waals surface area (Å²) >= 11 is 0. The predicted molar refractivity (Wildman–Crippen MR) is 125 cm³/mol. The lowest BCUT2D eigenvalue weighted by Gasteiger charge is -2.44. The molecule has 3 fully saturated rings. The van der Waals surface area contributed by atoms with Crippen LogP contribution in [-0.2, 0) is 10.3 Å². The third-order valence-electron chi connectivity index (χ3n) is 6.88. The van der Waals surface area contributed by atoms with Gasteiger partial charge in [0.25, 0.3) is 0 Å². The summed E-state index contributed by atoms with van der Waals surface area (Å²) in [4.78, 5) is 9.36. The van der Waals surface area contributed by atoms with Crippen molar-refractivity contribution in [1.29, 1.82) is 5.41 Å². The number of piperidine rings is 1. The Morgan fingerprint density at radius 1 is 1.28 bits per heavy atom. The summed E-state index contributed by atoms with van der Waals surface area (Å²) < 4.78 is 5.51. The second kappa shape index (κ2) is 9.53. The topological polar surface area (TPSA) is 139 Å². The fraction of sp³-hybridized carbons (Fsp3) is 0.591. The van der Waals surface area contributed by atoms with Crippen molar-refractivity contribution in [3.05, 3.63) is 29.5 Å². The maximum absolute atomic E-state index is 12.1. The molecule has 6 N–H and O–H groups in total. The second-order valence-electron chi connectivity index (χ2n) is 8.65. The Labute approximate surface area is 188 Å². The van der Waals surface area contributed by atoms with Gasteiger partial charge >= 0.3 is 0 Å². The molecular formula is C22H34N8O2. The first kappa shape index (κ1) is 22.7. The fourth-order valence-electron chi connectivity index (χ4n) is 5.43. The Bertz CT molecular complexity index is 899. The number of hydrogen-bond acceptors (Lipinski definition) is 9. The number of aromatic amines is 1. The number of nitrogens with one attached hydrogen (secondary N) is 3. The molecule has 1 aliphatic carbocycles. The molecule has 10 nitrogen and oxygen atoms in total. The summed E-state index contributed by atoms with van der Waals surface area (Å²) in [5, 5.41) is 30.5. The van der Waals surface area contributed by atoms with E-state index in [9.17, 15) is 5.11 Å². The van der Waals surface area contributed by atoms with Crippen LogP contribution in [-0.4, -0.2) is 84.9 Å². The zero-order chi connectivity index (χ0) is 22.7. The van der Waals surface area contributed by atoms with Gasteiger partial charge in [0.2, 0.25) is 0 Å². The van der Waals surface area contributed by atoms with Crippen LogP contribution >= 0.6 is 0 Å². The summed E-state index contributed by atoms with van der Waals surface area (Å²) in [6.45, 7) is 4.56. The average molecular weight is 443 g/mol. The van der Waals surface area contributed by atoms with Gasteiger partial charge in [-0.3, -0.25) is 5.10 Å². The van der Waals surface area contributed by atoms with E-state index < -0.39 is 5.60 Å². The number of nitrogens with two attached hydrogens (primary N) is 1. The lowest BCUT2D eigenvalue weighted by atomic mass is 9.74. The molecule has 0 amide bonds. The lowest BCUT2D eigenvalue weighted by Crippen LogP contribution is -2.51. The number of nitrogens with zero attached hydrogens (tertiary/aromatic N) is 4. The molecule has 2 aliphatic heterocycles. The molecule has 0 aromatic carbocycles. The van der Waals surface area contributed by atoms with Crippen LogP contribution in [0.1, 0.15) is 24.0 Å². The second-order valence-corrected chi connectivity index (χ2v) is 8.65. The van der Waals surface area contributed by atoms with E-state index in [-0.39, 0.29) is 11.8 Å². The van der Waals surface area contributed by atoms with Crippen molar-refractivity contribution in [3.63, 3.8) is 0 Å². The maximum Gasteiger partial charge on any atom is 0.143 e. The van der Waals surface area contributed by atoms with Crippen LogP contribution < -0.4 is 16.0 Å². The molecular weight excluding hydrogens is 408 g/mol. The molecule has 174 valence electrons. The molecule has 2 aromatic heterocycles. The van der Waals surface area contributed by atoms with Gasteiger partial charge in [-0.15, -0.1) is 0 Å². The number of H-pyrrole nitrogens is 1. The number of ether oxygens (including phenoxy) is 1. The first-order valence-electron chi connectivity index (χ1n) is 11.2. The third kappa shape index (κ3) is 3.99. The summed E-state index contributed by atoms with van der Waals surface area (Å²) in [7, 11) is 3.62. The minimum absolute atomic E-state index is 0.153. The first-order chi connectivity index (χ1) is 15.6. The van der Waals surface area contributed by atoms with Gasteiger partial charge in [0.15, 0.2) is 0 Å². The van der Waals surface area contributed by atoms with Crippen LogP contribution in [0, 0.1) is 17.2 Å². The van der Waals surface area contributed by atoms with Crippen LogP contribution in [0.4, 0.5) is 17.5 Å². The number of rotatable bonds is 5. The van der Waals surface area contributed by atoms with Gasteiger partial charge in [0.05, 0.1) is 25.0 Å². The van der Waals surface area contributed by atoms with E-state index in [1.807, 2.05) is 12.1 Å². The molecule has 2 unspecified atom stereocenters. The number of pyridine rings is 1. The summed E-state index contributed by atoms with van der Waals surface area (Å²) in [6.07, 6.45) is 4.99. The molecule has 4 heterocycles. The number of anilines is 3. The minimum Gasteiger partial charge on any atom is -0.384 e. The number of hydrogen-bond donors (Lipinski definition) is 5. The number of likely N-dealkylation sites (tertiary alicyclic amines) is 1. The van der Waals surface area contributed by atoms with E-state index in [1.165, 1.54) is 13.3 Å². The normalized spacial score (nSPS) is 27.6. The Kier molecular flexibility index (Phi) is 6.75. The van der Waals surface area contributed by atoms with Gasteiger partial charge in [-0.05, 0) is 33.0 Å². The monoisotopic (exact) mass is 442 g/mol. The van der Waals surface area contributed by atoms with Crippen molar-refractivity contribution >= 4 is 23.7 Å². The van der Waals surface area contributed by atoms with Gasteiger partial charge in [-0.25, -0.2) is 4.98 Å². The molecule has 2 bridgehead atoms. The summed E-state index contributed by atoms with van der Waals surface area (Å²) in [5.74, 6) is 2.39. The van der Waals surface area contributed by atoms with Crippen molar-refractivity contribution in [2.75, 3.05) is 63.7 Å². The number of fused-ring (bicyclic) bond motifs is 2. The molecule has 2 aromatic rings. The van der Waals surface area contributed by atoms with E-state index in [2.05, 4.69) is 38.1 Å². The molecule has 32 heavy (non-hydrogen) atoms. The van der Waals surface area contributed by atoms with E-state index in [0.717, 1.165) is 50.4 Å². The van der Waals surface area contributed by atoms with Crippen molar-refractivity contribution in [2.45, 2.75) is 18.4 Å². The van der Waals surface area contributed by atoms with Gasteiger partial charge in [0, 0.05) is 61.4 Å². The number of morpholine rings is 1. The Morgan fingerprint density at radius 2 is 1.97 bits per heavy atom. The van der Waals surface area contributed by atoms with Gasteiger partial charge in [-0.2, -0.15) is 5.10 Å². The largest absolute Gasteiger partial charge is 0.384 e. The van der Waals surface area contributed by atoms with Crippen LogP contribution in [0.5, 0.6) is 0 Å². The van der Waals surface area contributed by atoms with Gasteiger partial charge < -0.3 is 36.1 Å². The van der Waals surface area contributed by atoms with Crippen molar-refractivity contribution in [1.82, 2.24) is 20.1 Å². The zero-order valence-corrected chi connectivity index (χ0v) is 18.8. The highest BCUT2D eigenvalue weighted by Gasteiger charge is 2.54. The van der Waals surface area contributed by atoms with Crippen molar-refractivity contribution < 1.29 is 9.84 Å². The minimum atomic E-state index is -0.951. The standard InChI is InChI=1S/C21H29N7O2.CH5N/c1-27-12-14-2-3-15(13-27)21(14,29)17-10-19(28-6-8-30-9-7-28)25-20(16(17)11-22)24-18-4-5-23-26-18;1-2/h4-5,10-11,14-15,22,29H,2-3,6-9,12-13H2,1H3,(H2,23,24,25,26);2H2,1H3. The van der Waals surface area contributed by atoms with Crippen LogP contribution in [0.2, 0.25) is 0 Å². The average Bonchev–Trinajstić information content (AvgIpc) is 3.38. The number of aliphatic hydroxyl groups is 1. The van der Waals surface area contributed by atoms with E-state index in [1.54, 1.807) is 6.20 Å². The molecule has 1 saturated carbocycles. The molecule has 3 aliphatic rings. The van der Waals surface area contributed by atoms with Crippen molar-refractivity contribution in [3.8, 4) is 0 Å². The van der Waals surface area contributed by atoms with Crippen molar-refractivity contribution in [2.24, 2.45) is 17.6 Å². The highest BCUT2D eigenvalue weighted by molar-refractivity contribution is 5.89. The summed E-state index contributed by atoms with van der Waals surface area (Å²) in [6, 6.07) is 3.84.